The summed E-state index contributed by atoms with van der Waals surface area (Å²) in [5.74, 6) is -0.282. The highest BCUT2D eigenvalue weighted by Crippen LogP contribution is 2.32. The van der Waals surface area contributed by atoms with Crippen LogP contribution in [0.2, 0.25) is 10.0 Å². The number of hydrogen-bond acceptors (Lipinski definition) is 2. The Labute approximate surface area is 128 Å². The van der Waals surface area contributed by atoms with E-state index in [0.29, 0.717) is 22.2 Å². The van der Waals surface area contributed by atoms with Gasteiger partial charge in [-0.1, -0.05) is 29.3 Å². The number of para-hydroxylation sites is 1. The standard InChI is InChI=1S/C15H15Cl2FN2/c1-20(2)15-12(17)4-3-5-14(15)19-9-10-8-11(16)6-7-13(10)18/h3-8,19H,9H2,1-2H3. The zero-order valence-corrected chi connectivity index (χ0v) is 12.8. The second-order valence-corrected chi connectivity index (χ2v) is 5.46. The second kappa shape index (κ2) is 6.33. The van der Waals surface area contributed by atoms with E-state index in [-0.39, 0.29) is 5.82 Å². The van der Waals surface area contributed by atoms with Crippen molar-refractivity contribution in [3.63, 3.8) is 0 Å². The van der Waals surface area contributed by atoms with Gasteiger partial charge in [-0.05, 0) is 30.3 Å². The number of hydrogen-bond donors (Lipinski definition) is 1. The van der Waals surface area contributed by atoms with Gasteiger partial charge in [0, 0.05) is 31.2 Å². The Morgan fingerprint density at radius 1 is 1.15 bits per heavy atom. The Kier molecular flexibility index (Phi) is 4.73. The second-order valence-electron chi connectivity index (χ2n) is 4.62. The number of nitrogens with one attached hydrogen (secondary N) is 1. The summed E-state index contributed by atoms with van der Waals surface area (Å²) >= 11 is 12.1. The number of nitrogens with zero attached hydrogens (tertiary/aromatic N) is 1. The van der Waals surface area contributed by atoms with E-state index in [4.69, 9.17) is 23.2 Å². The van der Waals surface area contributed by atoms with Gasteiger partial charge in [0.25, 0.3) is 0 Å². The Morgan fingerprint density at radius 2 is 1.90 bits per heavy atom. The van der Waals surface area contributed by atoms with Gasteiger partial charge in [0.15, 0.2) is 0 Å². The van der Waals surface area contributed by atoms with Crippen LogP contribution in [-0.4, -0.2) is 14.1 Å². The van der Waals surface area contributed by atoms with Gasteiger partial charge < -0.3 is 10.2 Å². The summed E-state index contributed by atoms with van der Waals surface area (Å²) in [6.45, 7) is 0.341. The minimum atomic E-state index is -0.282. The van der Waals surface area contributed by atoms with Crippen molar-refractivity contribution < 1.29 is 4.39 Å². The Bertz CT molecular complexity index is 615. The van der Waals surface area contributed by atoms with E-state index in [1.54, 1.807) is 6.07 Å². The van der Waals surface area contributed by atoms with Crippen molar-refractivity contribution >= 4 is 34.6 Å². The van der Waals surface area contributed by atoms with Crippen molar-refractivity contribution in [3.05, 3.63) is 57.8 Å². The highest BCUT2D eigenvalue weighted by Gasteiger charge is 2.10. The van der Waals surface area contributed by atoms with Crippen LogP contribution in [0.5, 0.6) is 0 Å². The number of anilines is 2. The molecule has 0 atom stereocenters. The maximum Gasteiger partial charge on any atom is 0.128 e. The molecular weight excluding hydrogens is 298 g/mol. The van der Waals surface area contributed by atoms with Gasteiger partial charge in [-0.3, -0.25) is 0 Å². The van der Waals surface area contributed by atoms with Crippen LogP contribution in [0.4, 0.5) is 15.8 Å². The van der Waals surface area contributed by atoms with E-state index >= 15 is 0 Å². The molecule has 20 heavy (non-hydrogen) atoms. The highest BCUT2D eigenvalue weighted by atomic mass is 35.5. The lowest BCUT2D eigenvalue weighted by atomic mass is 10.2. The van der Waals surface area contributed by atoms with Crippen LogP contribution >= 0.6 is 23.2 Å². The number of halogens is 3. The maximum atomic E-state index is 13.7. The largest absolute Gasteiger partial charge is 0.379 e. The first kappa shape index (κ1) is 14.9. The lowest BCUT2D eigenvalue weighted by Crippen LogP contribution is -2.13. The van der Waals surface area contributed by atoms with Crippen molar-refractivity contribution in [1.29, 1.82) is 0 Å². The molecule has 2 nitrogen and oxygen atoms in total. The van der Waals surface area contributed by atoms with Gasteiger partial charge in [0.05, 0.1) is 16.4 Å². The molecule has 0 amide bonds. The van der Waals surface area contributed by atoms with E-state index in [2.05, 4.69) is 5.32 Å². The fourth-order valence-corrected chi connectivity index (χ4v) is 2.52. The monoisotopic (exact) mass is 312 g/mol. The zero-order chi connectivity index (χ0) is 14.7. The zero-order valence-electron chi connectivity index (χ0n) is 11.3. The third kappa shape index (κ3) is 3.35. The van der Waals surface area contributed by atoms with E-state index in [1.165, 1.54) is 12.1 Å². The van der Waals surface area contributed by atoms with Gasteiger partial charge in [-0.2, -0.15) is 0 Å². The van der Waals surface area contributed by atoms with E-state index in [0.717, 1.165) is 11.4 Å². The average molecular weight is 313 g/mol. The molecule has 0 aliphatic rings. The molecule has 0 aliphatic heterocycles. The molecule has 0 fully saturated rings. The Balaban J connectivity index is 2.23. The molecule has 0 bridgehead atoms. The first-order valence-corrected chi connectivity index (χ1v) is 6.88. The number of benzene rings is 2. The average Bonchev–Trinajstić information content (AvgIpc) is 2.39. The molecule has 0 heterocycles. The smallest absolute Gasteiger partial charge is 0.128 e. The molecule has 2 aromatic rings. The summed E-state index contributed by atoms with van der Waals surface area (Å²) in [6.07, 6.45) is 0. The van der Waals surface area contributed by atoms with Crippen molar-refractivity contribution in [2.45, 2.75) is 6.54 Å². The van der Waals surface area contributed by atoms with Gasteiger partial charge in [-0.15, -0.1) is 0 Å². The normalized spacial score (nSPS) is 10.4. The summed E-state index contributed by atoms with van der Waals surface area (Å²) in [4.78, 5) is 1.92. The lowest BCUT2D eigenvalue weighted by molar-refractivity contribution is 0.613. The third-order valence-corrected chi connectivity index (χ3v) is 3.45. The minimum absolute atomic E-state index is 0.282. The Morgan fingerprint density at radius 3 is 2.60 bits per heavy atom. The van der Waals surface area contributed by atoms with E-state index in [9.17, 15) is 4.39 Å². The summed E-state index contributed by atoms with van der Waals surface area (Å²) < 4.78 is 13.7. The van der Waals surface area contributed by atoms with Gasteiger partial charge in [0.1, 0.15) is 5.82 Å². The van der Waals surface area contributed by atoms with Crippen LogP contribution in [0, 0.1) is 5.82 Å². The van der Waals surface area contributed by atoms with Crippen LogP contribution in [0.1, 0.15) is 5.56 Å². The van der Waals surface area contributed by atoms with Crippen LogP contribution in [-0.2, 0) is 6.54 Å². The van der Waals surface area contributed by atoms with Crippen LogP contribution in [0.3, 0.4) is 0 Å². The predicted molar refractivity (Wildman–Crippen MR) is 84.5 cm³/mol. The first-order chi connectivity index (χ1) is 9.49. The van der Waals surface area contributed by atoms with Gasteiger partial charge in [0.2, 0.25) is 0 Å². The number of rotatable bonds is 4. The quantitative estimate of drug-likeness (QED) is 0.871. The van der Waals surface area contributed by atoms with Crippen molar-refractivity contribution in [2.24, 2.45) is 0 Å². The molecule has 0 unspecified atom stereocenters. The van der Waals surface area contributed by atoms with E-state index in [1.807, 2.05) is 37.2 Å². The highest BCUT2D eigenvalue weighted by molar-refractivity contribution is 6.34. The summed E-state index contributed by atoms with van der Waals surface area (Å²) in [7, 11) is 3.82. The van der Waals surface area contributed by atoms with Crippen molar-refractivity contribution in [2.75, 3.05) is 24.3 Å². The molecule has 0 saturated heterocycles. The van der Waals surface area contributed by atoms with Gasteiger partial charge in [-0.25, -0.2) is 4.39 Å². The molecule has 0 aliphatic carbocycles. The third-order valence-electron chi connectivity index (χ3n) is 2.91. The Hall–Kier alpha value is -1.45. The summed E-state index contributed by atoms with van der Waals surface area (Å²) in [5.41, 5.74) is 2.24. The molecule has 106 valence electrons. The first-order valence-electron chi connectivity index (χ1n) is 6.12. The van der Waals surface area contributed by atoms with Crippen molar-refractivity contribution in [3.8, 4) is 0 Å². The van der Waals surface area contributed by atoms with E-state index < -0.39 is 0 Å². The molecular formula is C15H15Cl2FN2. The van der Waals surface area contributed by atoms with Gasteiger partial charge >= 0.3 is 0 Å². The van der Waals surface area contributed by atoms with Crippen molar-refractivity contribution in [1.82, 2.24) is 0 Å². The summed E-state index contributed by atoms with van der Waals surface area (Å²) in [5, 5.41) is 4.36. The minimum Gasteiger partial charge on any atom is -0.379 e. The molecule has 0 aromatic heterocycles. The maximum absolute atomic E-state index is 13.7. The van der Waals surface area contributed by atoms with Crippen LogP contribution < -0.4 is 10.2 Å². The molecule has 2 rings (SSSR count). The fourth-order valence-electron chi connectivity index (χ4n) is 1.98. The topological polar surface area (TPSA) is 15.3 Å². The fraction of sp³-hybridized carbons (Fsp3) is 0.200. The molecule has 0 saturated carbocycles. The predicted octanol–water partition coefficient (Wildman–Crippen LogP) is 4.81. The molecule has 0 radical (unpaired) electrons. The molecule has 5 heteroatoms. The SMILES string of the molecule is CN(C)c1c(Cl)cccc1NCc1cc(Cl)ccc1F. The summed E-state index contributed by atoms with van der Waals surface area (Å²) in [6, 6.07) is 10.1. The van der Waals surface area contributed by atoms with Crippen LogP contribution in [0.25, 0.3) is 0 Å². The van der Waals surface area contributed by atoms with Crippen LogP contribution in [0.15, 0.2) is 36.4 Å². The lowest BCUT2D eigenvalue weighted by Gasteiger charge is -2.20. The molecule has 0 spiro atoms. The molecule has 2 aromatic carbocycles. The molecule has 1 N–H and O–H groups in total.